The maximum absolute atomic E-state index is 12.5. The van der Waals surface area contributed by atoms with Gasteiger partial charge in [0, 0.05) is 23.7 Å². The number of hydrogen-bond acceptors (Lipinski definition) is 4. The normalized spacial score (nSPS) is 22.0. The molecule has 19 heavy (non-hydrogen) atoms. The van der Waals surface area contributed by atoms with E-state index in [0.29, 0.717) is 12.3 Å². The van der Waals surface area contributed by atoms with Gasteiger partial charge < -0.3 is 16.0 Å². The first-order valence-corrected chi connectivity index (χ1v) is 7.27. The van der Waals surface area contributed by atoms with Crippen LogP contribution in [0.2, 0.25) is 0 Å². The number of nitrogens with one attached hydrogen (secondary N) is 1. The molecule has 2 aliphatic rings. The summed E-state index contributed by atoms with van der Waals surface area (Å²) >= 11 is 1.16. The molecule has 5 nitrogen and oxygen atoms in total. The molecule has 1 aromatic carbocycles. The van der Waals surface area contributed by atoms with Gasteiger partial charge in [-0.2, -0.15) is 0 Å². The maximum Gasteiger partial charge on any atom is 0.279 e. The van der Waals surface area contributed by atoms with E-state index >= 15 is 0 Å². The number of hydrogen-bond donors (Lipinski definition) is 2. The highest BCUT2D eigenvalue weighted by molar-refractivity contribution is 8.14. The molecule has 0 aromatic heterocycles. The molecule has 2 amide bonds. The number of benzene rings is 1. The van der Waals surface area contributed by atoms with Gasteiger partial charge in [-0.25, -0.2) is 0 Å². The van der Waals surface area contributed by atoms with Crippen molar-refractivity contribution in [3.8, 4) is 0 Å². The Bertz CT molecular complexity index is 547. The van der Waals surface area contributed by atoms with Crippen LogP contribution in [-0.2, 0) is 11.2 Å². The molecule has 1 fully saturated rings. The molecule has 2 heterocycles. The molecular weight excluding hydrogens is 262 g/mol. The quantitative estimate of drug-likeness (QED) is 0.760. The third-order valence-corrected chi connectivity index (χ3v) is 4.34. The molecule has 3 rings (SSSR count). The van der Waals surface area contributed by atoms with Crippen molar-refractivity contribution in [2.24, 2.45) is 0 Å². The van der Waals surface area contributed by atoms with Crippen molar-refractivity contribution in [2.45, 2.75) is 18.9 Å². The fraction of sp³-hybridized carbons (Fsp3) is 0.385. The molecule has 100 valence electrons. The van der Waals surface area contributed by atoms with Crippen LogP contribution in [0.1, 0.15) is 12.0 Å². The van der Waals surface area contributed by atoms with Gasteiger partial charge in [-0.1, -0.05) is 11.8 Å². The van der Waals surface area contributed by atoms with Crippen LogP contribution in [0.25, 0.3) is 0 Å². The topological polar surface area (TPSA) is 75.4 Å². The highest BCUT2D eigenvalue weighted by atomic mass is 32.2. The number of nitrogen functional groups attached to an aromatic ring is 1. The van der Waals surface area contributed by atoms with Gasteiger partial charge in [-0.15, -0.1) is 0 Å². The van der Waals surface area contributed by atoms with Gasteiger partial charge in [0.1, 0.15) is 6.04 Å². The highest BCUT2D eigenvalue weighted by Crippen LogP contribution is 2.30. The van der Waals surface area contributed by atoms with Gasteiger partial charge in [0.05, 0.1) is 0 Å². The lowest BCUT2D eigenvalue weighted by molar-refractivity contribution is -0.119. The first kappa shape index (κ1) is 12.3. The highest BCUT2D eigenvalue weighted by Gasteiger charge is 2.33. The van der Waals surface area contributed by atoms with Crippen LogP contribution in [0.5, 0.6) is 0 Å². The fourth-order valence-corrected chi connectivity index (χ4v) is 3.32. The molecule has 3 N–H and O–H groups in total. The van der Waals surface area contributed by atoms with E-state index in [0.717, 1.165) is 41.5 Å². The second-order valence-electron chi connectivity index (χ2n) is 4.78. The molecule has 0 aliphatic carbocycles. The summed E-state index contributed by atoms with van der Waals surface area (Å²) < 4.78 is 0. The van der Waals surface area contributed by atoms with E-state index in [4.69, 9.17) is 5.73 Å². The standard InChI is InChI=1S/C13H15N3O2S/c14-9-3-4-11-8(6-9)2-1-5-16(11)12(17)10-7-19-13(18)15-10/h3-4,6,10H,1-2,5,7,14H2,(H,15,18). The molecule has 0 spiro atoms. The average Bonchev–Trinajstić information content (AvgIpc) is 2.83. The summed E-state index contributed by atoms with van der Waals surface area (Å²) in [6, 6.07) is 5.23. The van der Waals surface area contributed by atoms with Crippen LogP contribution < -0.4 is 16.0 Å². The van der Waals surface area contributed by atoms with Crippen molar-refractivity contribution in [3.63, 3.8) is 0 Å². The van der Waals surface area contributed by atoms with Crippen molar-refractivity contribution >= 4 is 34.3 Å². The van der Waals surface area contributed by atoms with Crippen molar-refractivity contribution < 1.29 is 9.59 Å². The third kappa shape index (κ3) is 2.28. The van der Waals surface area contributed by atoms with Gasteiger partial charge in [0.15, 0.2) is 0 Å². The Morgan fingerprint density at radius 3 is 3.05 bits per heavy atom. The summed E-state index contributed by atoms with van der Waals surface area (Å²) in [5.74, 6) is 0.488. The van der Waals surface area contributed by atoms with Crippen molar-refractivity contribution in [2.75, 3.05) is 22.9 Å². The molecule has 1 unspecified atom stereocenters. The molecule has 1 saturated heterocycles. The monoisotopic (exact) mass is 277 g/mol. The Kier molecular flexibility index (Phi) is 3.10. The first-order valence-electron chi connectivity index (χ1n) is 6.28. The number of anilines is 2. The summed E-state index contributed by atoms with van der Waals surface area (Å²) in [5, 5.41) is 2.58. The Morgan fingerprint density at radius 1 is 1.47 bits per heavy atom. The van der Waals surface area contributed by atoms with E-state index in [-0.39, 0.29) is 11.1 Å². The van der Waals surface area contributed by atoms with E-state index in [2.05, 4.69) is 5.32 Å². The number of thioether (sulfide) groups is 1. The number of fused-ring (bicyclic) bond motifs is 1. The minimum absolute atomic E-state index is 0.0240. The van der Waals surface area contributed by atoms with E-state index in [1.54, 1.807) is 4.90 Å². The summed E-state index contributed by atoms with van der Waals surface area (Å²) in [7, 11) is 0. The molecule has 1 atom stereocenters. The Balaban J connectivity index is 1.87. The van der Waals surface area contributed by atoms with Crippen LogP contribution in [0.3, 0.4) is 0 Å². The summed E-state index contributed by atoms with van der Waals surface area (Å²) in [6.07, 6.45) is 1.87. The molecule has 0 saturated carbocycles. The number of rotatable bonds is 1. The second kappa shape index (κ2) is 4.77. The number of aryl methyl sites for hydroxylation is 1. The lowest BCUT2D eigenvalue weighted by Gasteiger charge is -2.31. The van der Waals surface area contributed by atoms with Crippen LogP contribution in [0.15, 0.2) is 18.2 Å². The predicted octanol–water partition coefficient (Wildman–Crippen LogP) is 1.37. The molecule has 2 aliphatic heterocycles. The Morgan fingerprint density at radius 2 is 2.32 bits per heavy atom. The fourth-order valence-electron chi connectivity index (χ4n) is 2.55. The van der Waals surface area contributed by atoms with Gasteiger partial charge >= 0.3 is 0 Å². The zero-order valence-corrected chi connectivity index (χ0v) is 11.2. The lowest BCUT2D eigenvalue weighted by Crippen LogP contribution is -2.47. The smallest absolute Gasteiger partial charge is 0.279 e. The van der Waals surface area contributed by atoms with Crippen molar-refractivity contribution in [1.29, 1.82) is 0 Å². The van der Waals surface area contributed by atoms with Crippen LogP contribution in [0.4, 0.5) is 16.2 Å². The molecule has 6 heteroatoms. The SMILES string of the molecule is Nc1ccc2c(c1)CCCN2C(=O)C1CSC(=O)N1. The van der Waals surface area contributed by atoms with Crippen LogP contribution in [-0.4, -0.2) is 29.5 Å². The van der Waals surface area contributed by atoms with Gasteiger partial charge in [-0.3, -0.25) is 9.59 Å². The number of nitrogens with two attached hydrogens (primary N) is 1. The minimum atomic E-state index is -0.402. The summed E-state index contributed by atoms with van der Waals surface area (Å²) in [6.45, 7) is 0.701. The van der Waals surface area contributed by atoms with Crippen LogP contribution in [0, 0.1) is 0 Å². The zero-order valence-electron chi connectivity index (χ0n) is 10.4. The first-order chi connectivity index (χ1) is 9.15. The molecule has 0 radical (unpaired) electrons. The van der Waals surface area contributed by atoms with Gasteiger partial charge in [-0.05, 0) is 36.6 Å². The lowest BCUT2D eigenvalue weighted by atomic mass is 10.0. The van der Waals surface area contributed by atoms with E-state index in [1.165, 1.54) is 0 Å². The Hall–Kier alpha value is -1.69. The van der Waals surface area contributed by atoms with Crippen LogP contribution >= 0.6 is 11.8 Å². The number of amides is 2. The third-order valence-electron chi connectivity index (χ3n) is 3.46. The number of nitrogens with zero attached hydrogens (tertiary/aromatic N) is 1. The summed E-state index contributed by atoms with van der Waals surface area (Å²) in [4.78, 5) is 25.4. The minimum Gasteiger partial charge on any atom is -0.399 e. The predicted molar refractivity (Wildman–Crippen MR) is 76.3 cm³/mol. The largest absolute Gasteiger partial charge is 0.399 e. The number of carbonyl (C=O) groups excluding carboxylic acids is 2. The number of carbonyl (C=O) groups is 2. The second-order valence-corrected chi connectivity index (χ2v) is 5.77. The Labute approximate surface area is 115 Å². The maximum atomic E-state index is 12.5. The van der Waals surface area contributed by atoms with Gasteiger partial charge in [0.25, 0.3) is 5.24 Å². The molecule has 0 bridgehead atoms. The van der Waals surface area contributed by atoms with E-state index < -0.39 is 6.04 Å². The van der Waals surface area contributed by atoms with E-state index in [1.807, 2.05) is 18.2 Å². The molecular formula is C13H15N3O2S. The van der Waals surface area contributed by atoms with Crippen molar-refractivity contribution in [1.82, 2.24) is 5.32 Å². The zero-order chi connectivity index (χ0) is 13.4. The van der Waals surface area contributed by atoms with E-state index in [9.17, 15) is 9.59 Å². The molecule has 1 aromatic rings. The van der Waals surface area contributed by atoms with Crippen molar-refractivity contribution in [3.05, 3.63) is 23.8 Å². The van der Waals surface area contributed by atoms with Gasteiger partial charge in [0.2, 0.25) is 5.91 Å². The summed E-state index contributed by atoms with van der Waals surface area (Å²) in [5.41, 5.74) is 8.54. The average molecular weight is 277 g/mol.